The highest BCUT2D eigenvalue weighted by atomic mass is 19.1. The Morgan fingerprint density at radius 3 is 2.77 bits per heavy atom. The Kier molecular flexibility index (Phi) is 6.73. The van der Waals surface area contributed by atoms with E-state index in [2.05, 4.69) is 27.3 Å². The zero-order valence-electron chi connectivity index (χ0n) is 18.6. The molecule has 2 amide bonds. The summed E-state index contributed by atoms with van der Waals surface area (Å²) >= 11 is 0. The van der Waals surface area contributed by atoms with Crippen molar-refractivity contribution >= 4 is 17.4 Å². The van der Waals surface area contributed by atoms with Gasteiger partial charge in [-0.15, -0.1) is 10.2 Å². The van der Waals surface area contributed by atoms with E-state index in [1.807, 2.05) is 11.6 Å². The van der Waals surface area contributed by atoms with Gasteiger partial charge >= 0.3 is 6.03 Å². The SMILES string of the molecule is CCn1cnnc1[C@H]1CCCN(C(=O)Nc2ccc(N(C)C3CCCCC3)c(F)c2)C1. The van der Waals surface area contributed by atoms with Gasteiger partial charge < -0.3 is 19.7 Å². The van der Waals surface area contributed by atoms with Gasteiger partial charge in [0.25, 0.3) is 0 Å². The lowest BCUT2D eigenvalue weighted by molar-refractivity contribution is 0.190. The molecule has 7 nitrogen and oxygen atoms in total. The minimum atomic E-state index is -0.293. The molecule has 2 heterocycles. The number of likely N-dealkylation sites (tertiary alicyclic amines) is 1. The number of carbonyl (C=O) groups excluding carboxylic acids is 1. The van der Waals surface area contributed by atoms with Crippen LogP contribution in [0.15, 0.2) is 24.5 Å². The Balaban J connectivity index is 1.39. The predicted octanol–water partition coefficient (Wildman–Crippen LogP) is 4.62. The zero-order valence-corrected chi connectivity index (χ0v) is 18.6. The van der Waals surface area contributed by atoms with Gasteiger partial charge in [0.15, 0.2) is 0 Å². The molecule has 168 valence electrons. The summed E-state index contributed by atoms with van der Waals surface area (Å²) in [6, 6.07) is 5.20. The van der Waals surface area contributed by atoms with Crippen molar-refractivity contribution < 1.29 is 9.18 Å². The first-order valence-corrected chi connectivity index (χ1v) is 11.5. The van der Waals surface area contributed by atoms with E-state index in [4.69, 9.17) is 0 Å². The van der Waals surface area contributed by atoms with Crippen molar-refractivity contribution in [1.82, 2.24) is 19.7 Å². The highest BCUT2D eigenvalue weighted by molar-refractivity contribution is 5.89. The van der Waals surface area contributed by atoms with Crippen LogP contribution in [0.1, 0.15) is 63.6 Å². The molecule has 1 N–H and O–H groups in total. The number of urea groups is 1. The molecule has 2 aliphatic rings. The number of amides is 2. The van der Waals surface area contributed by atoms with Gasteiger partial charge in [-0.2, -0.15) is 0 Å². The molecule has 1 aromatic carbocycles. The maximum absolute atomic E-state index is 14.9. The van der Waals surface area contributed by atoms with Gasteiger partial charge in [-0.3, -0.25) is 0 Å². The molecule has 0 spiro atoms. The number of aromatic nitrogens is 3. The molecule has 1 aliphatic carbocycles. The number of halogens is 1. The van der Waals surface area contributed by atoms with Crippen LogP contribution in [0, 0.1) is 5.82 Å². The summed E-state index contributed by atoms with van der Waals surface area (Å²) in [6.07, 6.45) is 9.53. The van der Waals surface area contributed by atoms with Crippen molar-refractivity contribution in [3.05, 3.63) is 36.2 Å². The fourth-order valence-corrected chi connectivity index (χ4v) is 4.93. The smallest absolute Gasteiger partial charge is 0.321 e. The molecule has 0 radical (unpaired) electrons. The monoisotopic (exact) mass is 428 g/mol. The first-order valence-electron chi connectivity index (χ1n) is 11.5. The molecule has 8 heteroatoms. The Hall–Kier alpha value is -2.64. The molecule has 0 bridgehead atoms. The van der Waals surface area contributed by atoms with Crippen LogP contribution in [0.5, 0.6) is 0 Å². The van der Waals surface area contributed by atoms with Crippen molar-refractivity contribution in [2.45, 2.75) is 70.4 Å². The van der Waals surface area contributed by atoms with Crippen LogP contribution in [0.25, 0.3) is 0 Å². The quantitative estimate of drug-likeness (QED) is 0.755. The van der Waals surface area contributed by atoms with Crippen LogP contribution in [-0.2, 0) is 6.54 Å². The molecule has 31 heavy (non-hydrogen) atoms. The molecule has 1 atom stereocenters. The summed E-state index contributed by atoms with van der Waals surface area (Å²) < 4.78 is 16.9. The first-order chi connectivity index (χ1) is 15.1. The molecule has 1 saturated carbocycles. The molecular weight excluding hydrogens is 395 g/mol. The van der Waals surface area contributed by atoms with Crippen molar-refractivity contribution in [1.29, 1.82) is 0 Å². The molecule has 2 fully saturated rings. The summed E-state index contributed by atoms with van der Waals surface area (Å²) in [6.45, 7) is 4.15. The third-order valence-electron chi connectivity index (χ3n) is 6.76. The van der Waals surface area contributed by atoms with E-state index in [0.717, 1.165) is 38.1 Å². The second kappa shape index (κ2) is 9.66. The predicted molar refractivity (Wildman–Crippen MR) is 120 cm³/mol. The summed E-state index contributed by atoms with van der Waals surface area (Å²) in [4.78, 5) is 16.7. The normalized spacial score (nSPS) is 20.0. The molecule has 4 rings (SSSR count). The van der Waals surface area contributed by atoms with Gasteiger partial charge in [0.05, 0.1) is 5.69 Å². The largest absolute Gasteiger partial charge is 0.369 e. The Bertz CT molecular complexity index is 894. The van der Waals surface area contributed by atoms with Gasteiger partial charge in [0, 0.05) is 44.3 Å². The van der Waals surface area contributed by atoms with E-state index in [1.165, 1.54) is 25.3 Å². The van der Waals surface area contributed by atoms with Crippen LogP contribution in [-0.4, -0.2) is 51.9 Å². The molecule has 2 aromatic rings. The number of nitrogens with zero attached hydrogens (tertiary/aromatic N) is 5. The van der Waals surface area contributed by atoms with E-state index in [0.29, 0.717) is 30.5 Å². The number of carbonyl (C=O) groups is 1. The van der Waals surface area contributed by atoms with Crippen LogP contribution in [0.2, 0.25) is 0 Å². The van der Waals surface area contributed by atoms with Crippen molar-refractivity contribution in [2.24, 2.45) is 0 Å². The third kappa shape index (κ3) is 4.83. The lowest BCUT2D eigenvalue weighted by Crippen LogP contribution is -2.42. The second-order valence-electron chi connectivity index (χ2n) is 8.76. The maximum Gasteiger partial charge on any atom is 0.321 e. The van der Waals surface area contributed by atoms with Crippen LogP contribution in [0.3, 0.4) is 0 Å². The lowest BCUT2D eigenvalue weighted by Gasteiger charge is -2.33. The number of rotatable bonds is 5. The Morgan fingerprint density at radius 1 is 1.23 bits per heavy atom. The summed E-state index contributed by atoms with van der Waals surface area (Å²) in [7, 11) is 1.97. The molecule has 1 aromatic heterocycles. The first kappa shape index (κ1) is 21.6. The van der Waals surface area contributed by atoms with Crippen molar-refractivity contribution in [3.63, 3.8) is 0 Å². The number of hydrogen-bond donors (Lipinski definition) is 1. The van der Waals surface area contributed by atoms with Crippen molar-refractivity contribution in [3.8, 4) is 0 Å². The van der Waals surface area contributed by atoms with E-state index in [-0.39, 0.29) is 17.8 Å². The summed E-state index contributed by atoms with van der Waals surface area (Å²) in [5, 5.41) is 11.2. The minimum absolute atomic E-state index is 0.171. The average molecular weight is 429 g/mol. The molecule has 0 unspecified atom stereocenters. The number of hydrogen-bond acceptors (Lipinski definition) is 4. The van der Waals surface area contributed by atoms with Gasteiger partial charge in [0.2, 0.25) is 0 Å². The zero-order chi connectivity index (χ0) is 21.8. The summed E-state index contributed by atoms with van der Waals surface area (Å²) in [5.41, 5.74) is 1.09. The number of anilines is 2. The average Bonchev–Trinajstić information content (AvgIpc) is 3.28. The Morgan fingerprint density at radius 2 is 2.03 bits per heavy atom. The fourth-order valence-electron chi connectivity index (χ4n) is 4.93. The molecule has 1 saturated heterocycles. The van der Waals surface area contributed by atoms with Crippen molar-refractivity contribution in [2.75, 3.05) is 30.4 Å². The third-order valence-corrected chi connectivity index (χ3v) is 6.76. The standard InChI is InChI=1S/C23H33FN6O/c1-3-29-16-25-27-22(29)17-8-7-13-30(15-17)23(31)26-18-11-12-21(20(24)14-18)28(2)19-9-5-4-6-10-19/h11-12,14,16-17,19H,3-10,13,15H2,1-2H3,(H,26,31)/t17-/m0/s1. The van der Waals surface area contributed by atoms with Crippen LogP contribution < -0.4 is 10.2 Å². The fraction of sp³-hybridized carbons (Fsp3) is 0.609. The molecule has 1 aliphatic heterocycles. The second-order valence-corrected chi connectivity index (χ2v) is 8.76. The lowest BCUT2D eigenvalue weighted by atomic mass is 9.94. The van der Waals surface area contributed by atoms with Gasteiger partial charge in [-0.25, -0.2) is 9.18 Å². The van der Waals surface area contributed by atoms with Gasteiger partial charge in [-0.05, 0) is 50.8 Å². The van der Waals surface area contributed by atoms with Gasteiger partial charge in [0.1, 0.15) is 18.0 Å². The van der Waals surface area contributed by atoms with E-state index < -0.39 is 0 Å². The summed E-state index contributed by atoms with van der Waals surface area (Å²) in [5.74, 6) is 0.810. The highest BCUT2D eigenvalue weighted by Gasteiger charge is 2.28. The minimum Gasteiger partial charge on any atom is -0.369 e. The number of nitrogens with one attached hydrogen (secondary N) is 1. The maximum atomic E-state index is 14.9. The van der Waals surface area contributed by atoms with Crippen LogP contribution in [0.4, 0.5) is 20.6 Å². The highest BCUT2D eigenvalue weighted by Crippen LogP contribution is 2.30. The van der Waals surface area contributed by atoms with E-state index in [9.17, 15) is 9.18 Å². The van der Waals surface area contributed by atoms with Gasteiger partial charge in [-0.1, -0.05) is 19.3 Å². The molecular formula is C23H33FN6O. The number of piperidine rings is 1. The van der Waals surface area contributed by atoms with E-state index in [1.54, 1.807) is 23.4 Å². The van der Waals surface area contributed by atoms with Crippen LogP contribution >= 0.6 is 0 Å². The topological polar surface area (TPSA) is 66.3 Å². The van der Waals surface area contributed by atoms with E-state index >= 15 is 0 Å². The number of aryl methyl sites for hydroxylation is 1. The Labute approximate surface area is 183 Å². The number of benzene rings is 1.